The number of amidine groups is 1. The van der Waals surface area contributed by atoms with Crippen molar-refractivity contribution in [3.05, 3.63) is 108 Å². The number of nitrogens with one attached hydrogen (secondary N) is 2. The molecule has 0 aliphatic carbocycles. The number of benzene rings is 1. The van der Waals surface area contributed by atoms with Gasteiger partial charge in [-0.1, -0.05) is 52.1 Å². The first-order chi connectivity index (χ1) is 21.2. The highest BCUT2D eigenvalue weighted by Gasteiger charge is 2.38. The number of allylic oxidation sites excluding steroid dienone is 3. The number of nitrogens with zero attached hydrogens (tertiary/aromatic N) is 5. The molecule has 0 amide bonds. The predicted molar refractivity (Wildman–Crippen MR) is 179 cm³/mol. The van der Waals surface area contributed by atoms with Gasteiger partial charge < -0.3 is 30.4 Å². The van der Waals surface area contributed by atoms with E-state index in [0.29, 0.717) is 11.4 Å². The van der Waals surface area contributed by atoms with Crippen LogP contribution in [0.1, 0.15) is 39.7 Å². The fourth-order valence-electron chi connectivity index (χ4n) is 4.75. The smallest absolute Gasteiger partial charge is 0.295 e. The zero-order valence-corrected chi connectivity index (χ0v) is 26.4. The largest absolute Gasteiger partial charge is 0.376 e. The van der Waals surface area contributed by atoms with E-state index >= 15 is 8.78 Å². The normalized spacial score (nSPS) is 17.7. The maximum Gasteiger partial charge on any atom is 0.295 e. The fourth-order valence-corrected chi connectivity index (χ4v) is 4.75. The molecule has 0 saturated carbocycles. The number of anilines is 3. The lowest BCUT2D eigenvalue weighted by Crippen LogP contribution is -2.44. The predicted octanol–water partition coefficient (Wildman–Crippen LogP) is 6.92. The summed E-state index contributed by atoms with van der Waals surface area (Å²) in [6.07, 6.45) is 9.11. The quantitative estimate of drug-likeness (QED) is 0.240. The van der Waals surface area contributed by atoms with Crippen molar-refractivity contribution in [1.82, 2.24) is 14.8 Å². The summed E-state index contributed by atoms with van der Waals surface area (Å²) in [6, 6.07) is 9.95. The second kappa shape index (κ2) is 16.0. The third-order valence-corrected chi connectivity index (χ3v) is 7.22. The standard InChI is InChI=1S/C32H39F2N7O.C2H6/c1-6-9-26(7-2)38-27-11-8-10-25(20-27)32(33,34)23(3)29-14-15-41(22-42)31(29)37-24(4)36-28-12-13-30(35-21-28)40-18-16-39(5)17-19-40;1-2/h7-15,20-21,36,38,42H,2,4,6,16-19,22H2,1,3,5H3;1-2H3/b26-9-,29-23+,37-31+;. The number of rotatable bonds is 11. The van der Waals surface area contributed by atoms with Crippen LogP contribution in [0.2, 0.25) is 0 Å². The molecule has 1 aromatic heterocycles. The molecular formula is C34H45F2N7O. The maximum atomic E-state index is 15.9. The van der Waals surface area contributed by atoms with E-state index in [1.807, 2.05) is 39.0 Å². The summed E-state index contributed by atoms with van der Waals surface area (Å²) < 4.78 is 31.8. The lowest BCUT2D eigenvalue weighted by atomic mass is 9.96. The molecule has 1 saturated heterocycles. The highest BCUT2D eigenvalue weighted by atomic mass is 19.3. The molecule has 0 atom stereocenters. The van der Waals surface area contributed by atoms with Gasteiger partial charge in [0.1, 0.15) is 24.2 Å². The molecule has 0 bridgehead atoms. The van der Waals surface area contributed by atoms with Crippen LogP contribution in [0.15, 0.2) is 108 Å². The van der Waals surface area contributed by atoms with Crippen molar-refractivity contribution >= 4 is 23.0 Å². The van der Waals surface area contributed by atoms with Crippen molar-refractivity contribution < 1.29 is 13.9 Å². The van der Waals surface area contributed by atoms with Crippen LogP contribution in [0.25, 0.3) is 0 Å². The minimum atomic E-state index is -3.32. The summed E-state index contributed by atoms with van der Waals surface area (Å²) in [5.74, 6) is -2.03. The molecule has 10 heteroatoms. The van der Waals surface area contributed by atoms with Gasteiger partial charge in [-0.05, 0) is 56.8 Å². The molecular weight excluding hydrogens is 560 g/mol. The summed E-state index contributed by atoms with van der Waals surface area (Å²) in [4.78, 5) is 15.0. The summed E-state index contributed by atoms with van der Waals surface area (Å²) in [7, 11) is 2.10. The summed E-state index contributed by atoms with van der Waals surface area (Å²) >= 11 is 0. The Labute approximate surface area is 260 Å². The SMILES string of the molecule is C=C/C(=C/CC)Nc1cccc(C(F)(F)/C(C)=C2\C=CN(CO)\C2=N\C(=C)Nc2ccc(N3CCN(C)CC3)nc2)c1.CC. The second-order valence-corrected chi connectivity index (χ2v) is 10.2. The van der Waals surface area contributed by atoms with Crippen molar-refractivity contribution in [2.24, 2.45) is 4.99 Å². The number of piperazine rings is 1. The Morgan fingerprint density at radius 2 is 1.84 bits per heavy atom. The average Bonchev–Trinajstić information content (AvgIpc) is 3.44. The minimum absolute atomic E-state index is 0.170. The monoisotopic (exact) mass is 605 g/mol. The molecule has 3 heterocycles. The van der Waals surface area contributed by atoms with Crippen molar-refractivity contribution in [3.8, 4) is 0 Å². The van der Waals surface area contributed by atoms with E-state index in [1.54, 1.807) is 24.4 Å². The number of alkyl halides is 2. The summed E-state index contributed by atoms with van der Waals surface area (Å²) in [6.45, 7) is 18.5. The van der Waals surface area contributed by atoms with Gasteiger partial charge in [-0.3, -0.25) is 0 Å². The van der Waals surface area contributed by atoms with E-state index in [1.165, 1.54) is 36.2 Å². The van der Waals surface area contributed by atoms with Gasteiger partial charge in [-0.15, -0.1) is 0 Å². The van der Waals surface area contributed by atoms with Crippen LogP contribution in [-0.4, -0.2) is 65.7 Å². The minimum Gasteiger partial charge on any atom is -0.376 e. The van der Waals surface area contributed by atoms with Crippen LogP contribution >= 0.6 is 0 Å². The molecule has 0 unspecified atom stereocenters. The Hall–Kier alpha value is -4.28. The molecule has 1 fully saturated rings. The number of hydrogen-bond donors (Lipinski definition) is 3. The third-order valence-electron chi connectivity index (χ3n) is 7.22. The first-order valence-corrected chi connectivity index (χ1v) is 15.0. The number of aliphatic hydroxyl groups excluding tert-OH is 1. The van der Waals surface area contributed by atoms with Crippen LogP contribution in [0.4, 0.5) is 26.0 Å². The molecule has 44 heavy (non-hydrogen) atoms. The van der Waals surface area contributed by atoms with Gasteiger partial charge in [0.2, 0.25) is 0 Å². The highest BCUT2D eigenvalue weighted by molar-refractivity contribution is 6.05. The molecule has 8 nitrogen and oxygen atoms in total. The Balaban J connectivity index is 0.00000259. The van der Waals surface area contributed by atoms with Crippen LogP contribution in [0.3, 0.4) is 0 Å². The maximum absolute atomic E-state index is 15.9. The van der Waals surface area contributed by atoms with Gasteiger partial charge >= 0.3 is 0 Å². The van der Waals surface area contributed by atoms with E-state index in [0.717, 1.165) is 44.1 Å². The average molecular weight is 606 g/mol. The van der Waals surface area contributed by atoms with Crippen molar-refractivity contribution in [3.63, 3.8) is 0 Å². The molecule has 4 rings (SSSR count). The summed E-state index contributed by atoms with van der Waals surface area (Å²) in [5, 5.41) is 16.1. The molecule has 2 aliphatic heterocycles. The fraction of sp³-hybridized carbons (Fsp3) is 0.353. The second-order valence-electron chi connectivity index (χ2n) is 10.2. The Bertz CT molecular complexity index is 1400. The van der Waals surface area contributed by atoms with Gasteiger partial charge in [-0.25, -0.2) is 9.98 Å². The third kappa shape index (κ3) is 8.42. The zero-order valence-electron chi connectivity index (χ0n) is 26.4. The van der Waals surface area contributed by atoms with Crippen molar-refractivity contribution in [2.75, 3.05) is 55.5 Å². The molecule has 236 valence electrons. The van der Waals surface area contributed by atoms with E-state index in [4.69, 9.17) is 0 Å². The van der Waals surface area contributed by atoms with Crippen LogP contribution in [-0.2, 0) is 5.92 Å². The molecule has 1 aromatic carbocycles. The Morgan fingerprint density at radius 3 is 2.45 bits per heavy atom. The number of pyridine rings is 1. The first kappa shape index (κ1) is 34.2. The van der Waals surface area contributed by atoms with Gasteiger partial charge in [0.15, 0.2) is 0 Å². The molecule has 3 N–H and O–H groups in total. The van der Waals surface area contributed by atoms with E-state index in [-0.39, 0.29) is 28.4 Å². The van der Waals surface area contributed by atoms with E-state index < -0.39 is 12.7 Å². The van der Waals surface area contributed by atoms with Crippen LogP contribution in [0, 0.1) is 0 Å². The number of hydrogen-bond acceptors (Lipinski definition) is 7. The topological polar surface area (TPSA) is 79.3 Å². The molecule has 2 aromatic rings. The van der Waals surface area contributed by atoms with Crippen molar-refractivity contribution in [2.45, 2.75) is 40.0 Å². The van der Waals surface area contributed by atoms with Crippen molar-refractivity contribution in [1.29, 1.82) is 0 Å². The van der Waals surface area contributed by atoms with Crippen LogP contribution < -0.4 is 15.5 Å². The van der Waals surface area contributed by atoms with Gasteiger partial charge in [0, 0.05) is 60.5 Å². The molecule has 0 radical (unpaired) electrons. The van der Waals surface area contributed by atoms with E-state index in [2.05, 4.69) is 50.6 Å². The Kier molecular flexibility index (Phi) is 12.4. The molecule has 2 aliphatic rings. The van der Waals surface area contributed by atoms with Gasteiger partial charge in [-0.2, -0.15) is 8.78 Å². The van der Waals surface area contributed by atoms with Gasteiger partial charge in [0.25, 0.3) is 5.92 Å². The first-order valence-electron chi connectivity index (χ1n) is 15.0. The number of aliphatic hydroxyl groups is 1. The molecule has 0 spiro atoms. The van der Waals surface area contributed by atoms with Crippen LogP contribution in [0.5, 0.6) is 0 Å². The summed E-state index contributed by atoms with van der Waals surface area (Å²) in [5.41, 5.74) is 1.77. The van der Waals surface area contributed by atoms with E-state index in [9.17, 15) is 5.11 Å². The highest BCUT2D eigenvalue weighted by Crippen LogP contribution is 2.40. The van der Waals surface area contributed by atoms with Gasteiger partial charge in [0.05, 0.1) is 11.9 Å². The zero-order chi connectivity index (χ0) is 32.3. The lowest BCUT2D eigenvalue weighted by molar-refractivity contribution is 0.0376. The number of aliphatic imine (C=N–C) groups is 1. The lowest BCUT2D eigenvalue weighted by Gasteiger charge is -2.33. The number of likely N-dealkylation sites (N-methyl/N-ethyl adjacent to an activating group) is 1. The number of aromatic nitrogens is 1. The number of halogens is 2. The Morgan fingerprint density at radius 1 is 1.11 bits per heavy atom.